The maximum absolute atomic E-state index is 12.3. The zero-order valence-corrected chi connectivity index (χ0v) is 18.0. The summed E-state index contributed by atoms with van der Waals surface area (Å²) in [4.78, 5) is 12.3. The fourth-order valence-electron chi connectivity index (χ4n) is 3.22. The Bertz CT molecular complexity index is 1000. The second-order valence-corrected chi connectivity index (χ2v) is 5.53. The van der Waals surface area contributed by atoms with E-state index in [9.17, 15) is 4.79 Å². The number of benzene rings is 1. The van der Waals surface area contributed by atoms with Gasteiger partial charge in [0.1, 0.15) is 12.1 Å². The number of hydrogen-bond donors (Lipinski definition) is 0. The maximum atomic E-state index is 12.3. The topological polar surface area (TPSA) is 25.4 Å². The smallest absolute Gasteiger partial charge is 0.256 e. The quantitative estimate of drug-likeness (QED) is 0.395. The van der Waals surface area contributed by atoms with Crippen LogP contribution in [-0.2, 0) is 6.54 Å². The van der Waals surface area contributed by atoms with Crippen LogP contribution in [0, 0.1) is 0 Å². The summed E-state index contributed by atoms with van der Waals surface area (Å²) in [6.07, 6.45) is 4.45. The number of aromatic nitrogens is 2. The molecule has 0 N–H and O–H groups in total. The Morgan fingerprint density at radius 1 is 0.852 bits per heavy atom. The molecule has 0 saturated heterocycles. The third kappa shape index (κ3) is 4.29. The Morgan fingerprint density at radius 3 is 2.19 bits per heavy atom. The van der Waals surface area contributed by atoms with Gasteiger partial charge in [-0.1, -0.05) is 73.1 Å². The molecule has 0 saturated carbocycles. The molecule has 3 nitrogen and oxygen atoms in total. The molecule has 4 aromatic rings. The van der Waals surface area contributed by atoms with E-state index in [1.165, 1.54) is 0 Å². The van der Waals surface area contributed by atoms with Crippen molar-refractivity contribution < 1.29 is 4.57 Å². The molecule has 0 aliphatic rings. The molecule has 3 heterocycles. The number of nitrogens with zero attached hydrogens (tertiary/aromatic N) is 2. The van der Waals surface area contributed by atoms with Crippen LogP contribution in [0.25, 0.3) is 27.3 Å². The van der Waals surface area contributed by atoms with Gasteiger partial charge in [-0.25, -0.2) is 0 Å². The maximum Gasteiger partial charge on any atom is 0.256 e. The molecule has 0 aliphatic heterocycles. The number of pyridine rings is 2. The Kier molecular flexibility index (Phi) is 9.49. The highest BCUT2D eigenvalue weighted by molar-refractivity contribution is 6.11. The Labute approximate surface area is 163 Å². The largest absolute Gasteiger partial charge is 0.270 e. The van der Waals surface area contributed by atoms with E-state index in [1.807, 2.05) is 70.2 Å². The van der Waals surface area contributed by atoms with Gasteiger partial charge in [-0.2, -0.15) is 4.57 Å². The van der Waals surface area contributed by atoms with Crippen LogP contribution < -0.4 is 10.1 Å². The van der Waals surface area contributed by atoms with Crippen molar-refractivity contribution in [2.75, 3.05) is 0 Å². The highest BCUT2D eigenvalue weighted by atomic mass is 16.1. The molecule has 3 heteroatoms. The lowest BCUT2D eigenvalue weighted by Gasteiger charge is -2.01. The van der Waals surface area contributed by atoms with Crippen LogP contribution in [0.4, 0.5) is 0 Å². The normalized spacial score (nSPS) is 9.89. The van der Waals surface area contributed by atoms with Gasteiger partial charge in [0, 0.05) is 35.4 Å². The van der Waals surface area contributed by atoms with E-state index in [4.69, 9.17) is 0 Å². The molecule has 0 aliphatic carbocycles. The van der Waals surface area contributed by atoms with Crippen molar-refractivity contribution in [3.63, 3.8) is 0 Å². The van der Waals surface area contributed by atoms with E-state index in [2.05, 4.69) is 29.8 Å². The van der Waals surface area contributed by atoms with Crippen LogP contribution in [0.1, 0.15) is 61.3 Å². The van der Waals surface area contributed by atoms with E-state index in [0.717, 1.165) is 46.7 Å². The number of hydrogen-bond acceptors (Lipinski definition) is 1. The molecule has 0 fully saturated rings. The molecular formula is C24H35N2O+. The average molecular weight is 368 g/mol. The molecule has 4 rings (SSSR count). The predicted molar refractivity (Wildman–Crippen MR) is 119 cm³/mol. The summed E-state index contributed by atoms with van der Waals surface area (Å²) in [5.41, 5.74) is 3.22. The standard InChI is InChI=1S/C18H17N2O.3C2H6/c1-2-3-11-19-12-10-14-13-6-4-5-7-15(13)20-17(21)9-8-16(19)18(14)20;3*1-2/h4-10,12H,2-3,11H2,1H3;3*1-2H3/q+1;;;. The first-order chi connectivity index (χ1) is 13.3. The third-order valence-electron chi connectivity index (χ3n) is 4.24. The number of fused-ring (bicyclic) bond motifs is 3. The van der Waals surface area contributed by atoms with Crippen LogP contribution in [-0.4, -0.2) is 4.40 Å². The molecule has 0 atom stereocenters. The van der Waals surface area contributed by atoms with Crippen molar-refractivity contribution in [3.05, 3.63) is 59.0 Å². The Balaban J connectivity index is 0.000000556. The fraction of sp³-hybridized carbons (Fsp3) is 0.417. The first-order valence-corrected chi connectivity index (χ1v) is 10.5. The van der Waals surface area contributed by atoms with Gasteiger partial charge in [0.05, 0.1) is 5.52 Å². The first-order valence-electron chi connectivity index (χ1n) is 10.5. The van der Waals surface area contributed by atoms with E-state index in [1.54, 1.807) is 6.07 Å². The van der Waals surface area contributed by atoms with Crippen molar-refractivity contribution >= 4 is 27.3 Å². The minimum absolute atomic E-state index is 0.0435. The summed E-state index contributed by atoms with van der Waals surface area (Å²) in [6.45, 7) is 15.2. The second-order valence-electron chi connectivity index (χ2n) is 5.53. The summed E-state index contributed by atoms with van der Waals surface area (Å²) in [7, 11) is 0. The number of unbranched alkanes of at least 4 members (excludes halogenated alkanes) is 1. The zero-order chi connectivity index (χ0) is 20.4. The first kappa shape index (κ1) is 22.6. The summed E-state index contributed by atoms with van der Waals surface area (Å²) >= 11 is 0. The lowest BCUT2D eigenvalue weighted by Crippen LogP contribution is -2.35. The van der Waals surface area contributed by atoms with Crippen molar-refractivity contribution in [3.8, 4) is 0 Å². The van der Waals surface area contributed by atoms with E-state index in [0.29, 0.717) is 0 Å². The molecular weight excluding hydrogens is 332 g/mol. The summed E-state index contributed by atoms with van der Waals surface area (Å²) in [6, 6.07) is 13.9. The van der Waals surface area contributed by atoms with Gasteiger partial charge >= 0.3 is 0 Å². The van der Waals surface area contributed by atoms with Crippen LogP contribution >= 0.6 is 0 Å². The minimum atomic E-state index is 0.0435. The molecule has 146 valence electrons. The highest BCUT2D eigenvalue weighted by Crippen LogP contribution is 2.28. The molecule has 27 heavy (non-hydrogen) atoms. The van der Waals surface area contributed by atoms with Crippen LogP contribution in [0.3, 0.4) is 0 Å². The average Bonchev–Trinajstić information content (AvgIpc) is 3.10. The fourth-order valence-corrected chi connectivity index (χ4v) is 3.22. The zero-order valence-electron chi connectivity index (χ0n) is 18.0. The van der Waals surface area contributed by atoms with Crippen molar-refractivity contribution in [1.29, 1.82) is 0 Å². The van der Waals surface area contributed by atoms with Gasteiger partial charge in [0.2, 0.25) is 5.52 Å². The predicted octanol–water partition coefficient (Wildman–Crippen LogP) is 6.21. The second kappa shape index (κ2) is 11.3. The van der Waals surface area contributed by atoms with Gasteiger partial charge in [0.25, 0.3) is 5.56 Å². The van der Waals surface area contributed by atoms with Gasteiger partial charge in [0.15, 0.2) is 6.20 Å². The molecule has 0 spiro atoms. The van der Waals surface area contributed by atoms with Crippen molar-refractivity contribution in [2.45, 2.75) is 67.9 Å². The molecule has 3 aromatic heterocycles. The number of aryl methyl sites for hydroxylation is 1. The van der Waals surface area contributed by atoms with E-state index in [-0.39, 0.29) is 5.56 Å². The Morgan fingerprint density at radius 2 is 1.52 bits per heavy atom. The molecule has 1 aromatic carbocycles. The molecule has 0 bridgehead atoms. The van der Waals surface area contributed by atoms with Crippen molar-refractivity contribution in [1.82, 2.24) is 4.40 Å². The summed E-state index contributed by atoms with van der Waals surface area (Å²) in [5.74, 6) is 0. The highest BCUT2D eigenvalue weighted by Gasteiger charge is 2.18. The molecule has 0 amide bonds. The Hall–Kier alpha value is -2.42. The monoisotopic (exact) mass is 367 g/mol. The molecule has 0 unspecified atom stereocenters. The summed E-state index contributed by atoms with van der Waals surface area (Å²) in [5, 5.41) is 2.31. The van der Waals surface area contributed by atoms with Gasteiger partial charge in [-0.3, -0.25) is 9.20 Å². The number of rotatable bonds is 3. The molecule has 0 radical (unpaired) electrons. The SMILES string of the molecule is CC.CC.CC.CCCC[n+]1ccc2c3ccccc3n3c(=O)ccc1c23. The lowest BCUT2D eigenvalue weighted by atomic mass is 10.1. The third-order valence-corrected chi connectivity index (χ3v) is 4.24. The van der Waals surface area contributed by atoms with Gasteiger partial charge in [-0.05, 0) is 6.07 Å². The van der Waals surface area contributed by atoms with E-state index < -0.39 is 0 Å². The minimum Gasteiger partial charge on any atom is -0.270 e. The number of para-hydroxylation sites is 1. The summed E-state index contributed by atoms with van der Waals surface area (Å²) < 4.78 is 4.10. The van der Waals surface area contributed by atoms with E-state index >= 15 is 0 Å². The van der Waals surface area contributed by atoms with Crippen molar-refractivity contribution in [2.24, 2.45) is 0 Å². The van der Waals surface area contributed by atoms with Crippen LogP contribution in [0.5, 0.6) is 0 Å². The van der Waals surface area contributed by atoms with Gasteiger partial charge in [-0.15, -0.1) is 0 Å². The van der Waals surface area contributed by atoms with Crippen LogP contribution in [0.15, 0.2) is 53.5 Å². The van der Waals surface area contributed by atoms with Gasteiger partial charge < -0.3 is 0 Å². The van der Waals surface area contributed by atoms with Crippen LogP contribution in [0.2, 0.25) is 0 Å². The lowest BCUT2D eigenvalue weighted by molar-refractivity contribution is -0.671.